The summed E-state index contributed by atoms with van der Waals surface area (Å²) in [6.45, 7) is 0. The summed E-state index contributed by atoms with van der Waals surface area (Å²) in [4.78, 5) is 15.6. The molecule has 0 aliphatic rings. The number of aliphatic imine (C=N–C) groups is 1. The molecule has 0 aliphatic heterocycles. The lowest BCUT2D eigenvalue weighted by Gasteiger charge is -2.10. The van der Waals surface area contributed by atoms with Crippen LogP contribution in [0.2, 0.25) is 0 Å². The number of hydrogen-bond acceptors (Lipinski definition) is 4. The van der Waals surface area contributed by atoms with E-state index in [0.29, 0.717) is 4.68 Å². The third-order valence-corrected chi connectivity index (χ3v) is 5.15. The molecule has 2 rings (SSSR count). The van der Waals surface area contributed by atoms with Crippen LogP contribution in [0.15, 0.2) is 38.9 Å². The molecule has 1 N–H and O–H groups in total. The van der Waals surface area contributed by atoms with E-state index in [2.05, 4.69) is 4.99 Å². The fourth-order valence-corrected chi connectivity index (χ4v) is 2.86. The van der Waals surface area contributed by atoms with Crippen LogP contribution >= 0.6 is 0 Å². The van der Waals surface area contributed by atoms with Crippen LogP contribution in [0, 0.1) is 0 Å². The predicted molar refractivity (Wildman–Crippen MR) is 85.6 cm³/mol. The van der Waals surface area contributed by atoms with Gasteiger partial charge in [0.2, 0.25) is 10.0 Å². The molecule has 0 spiro atoms. The molecular weight excluding hydrogens is 361 g/mol. The number of nitrogens with one attached hydrogen (secondary N) is 1. The summed E-state index contributed by atoms with van der Waals surface area (Å²) >= 11 is 0. The van der Waals surface area contributed by atoms with Gasteiger partial charge in [0, 0.05) is 27.4 Å². The van der Waals surface area contributed by atoms with Gasteiger partial charge in [0.05, 0.1) is 16.1 Å². The number of aromatic nitrogens is 2. The maximum Gasteiger partial charge on any atom is 0.433 e. The van der Waals surface area contributed by atoms with Crippen LogP contribution in [0.25, 0.3) is 0 Å². The van der Waals surface area contributed by atoms with Crippen molar-refractivity contribution in [3.05, 3.63) is 45.9 Å². The first-order valence-corrected chi connectivity index (χ1v) is 8.31. The SMILES string of the molecule is CN(C)S(=O)(=O)c1ccc(N=Cc2c(C(F)(F)F)[nH]n(C)c2=O)cc1. The van der Waals surface area contributed by atoms with Crippen LogP contribution in [-0.2, 0) is 23.2 Å². The Hall–Kier alpha value is -2.40. The molecular formula is C14H15F3N4O3S. The first-order chi connectivity index (χ1) is 11.4. The lowest BCUT2D eigenvalue weighted by molar-refractivity contribution is -0.141. The number of nitrogens with zero attached hydrogens (tertiary/aromatic N) is 3. The van der Waals surface area contributed by atoms with Gasteiger partial charge < -0.3 is 0 Å². The topological polar surface area (TPSA) is 87.5 Å². The van der Waals surface area contributed by atoms with Crippen LogP contribution in [0.5, 0.6) is 0 Å². The van der Waals surface area contributed by atoms with Crippen LogP contribution in [0.3, 0.4) is 0 Å². The number of halogens is 3. The van der Waals surface area contributed by atoms with Crippen LogP contribution < -0.4 is 5.56 Å². The highest BCUT2D eigenvalue weighted by atomic mass is 32.2. The van der Waals surface area contributed by atoms with Gasteiger partial charge in [0.15, 0.2) is 5.69 Å². The largest absolute Gasteiger partial charge is 0.433 e. The summed E-state index contributed by atoms with van der Waals surface area (Å²) in [6.07, 6.45) is -3.93. The Morgan fingerprint density at radius 2 is 1.76 bits per heavy atom. The van der Waals surface area contributed by atoms with E-state index in [1.807, 2.05) is 5.10 Å². The maximum atomic E-state index is 12.9. The van der Waals surface area contributed by atoms with Crippen LogP contribution in [0.1, 0.15) is 11.3 Å². The molecule has 0 unspecified atom stereocenters. The first-order valence-electron chi connectivity index (χ1n) is 6.87. The van der Waals surface area contributed by atoms with Gasteiger partial charge in [-0.2, -0.15) is 13.2 Å². The van der Waals surface area contributed by atoms with E-state index in [1.165, 1.54) is 38.4 Å². The minimum absolute atomic E-state index is 0.0185. The second kappa shape index (κ2) is 6.48. The molecule has 0 bridgehead atoms. The van der Waals surface area contributed by atoms with Gasteiger partial charge in [-0.1, -0.05) is 0 Å². The Balaban J connectivity index is 2.37. The smallest absolute Gasteiger partial charge is 0.291 e. The van der Waals surface area contributed by atoms with E-state index >= 15 is 0 Å². The molecule has 11 heteroatoms. The molecule has 1 aromatic heterocycles. The third kappa shape index (κ3) is 3.82. The number of hydrogen-bond donors (Lipinski definition) is 1. The fourth-order valence-electron chi connectivity index (χ4n) is 1.96. The second-order valence-electron chi connectivity index (χ2n) is 5.30. The normalized spacial score (nSPS) is 13.1. The average Bonchev–Trinajstić information content (AvgIpc) is 2.81. The highest BCUT2D eigenvalue weighted by molar-refractivity contribution is 7.89. The number of benzene rings is 1. The number of alkyl halides is 3. The predicted octanol–water partition coefficient (Wildman–Crippen LogP) is 1.73. The molecule has 0 aliphatic carbocycles. The average molecular weight is 376 g/mol. The maximum absolute atomic E-state index is 12.9. The molecule has 0 saturated heterocycles. The Morgan fingerprint density at radius 3 is 2.24 bits per heavy atom. The van der Waals surface area contributed by atoms with Gasteiger partial charge in [-0.25, -0.2) is 12.7 Å². The Kier molecular flexibility index (Phi) is 4.91. The van der Waals surface area contributed by atoms with Crippen molar-refractivity contribution in [3.63, 3.8) is 0 Å². The van der Waals surface area contributed by atoms with Crippen molar-refractivity contribution in [2.24, 2.45) is 12.0 Å². The van der Waals surface area contributed by atoms with E-state index < -0.39 is 33.0 Å². The zero-order valence-electron chi connectivity index (χ0n) is 13.5. The van der Waals surface area contributed by atoms with Gasteiger partial charge in [-0.3, -0.25) is 19.6 Å². The van der Waals surface area contributed by atoms with Crippen molar-refractivity contribution >= 4 is 21.9 Å². The number of aryl methyl sites for hydroxylation is 1. The highest BCUT2D eigenvalue weighted by Gasteiger charge is 2.37. The van der Waals surface area contributed by atoms with Crippen LogP contribution in [-0.4, -0.2) is 42.8 Å². The van der Waals surface area contributed by atoms with E-state index in [0.717, 1.165) is 17.6 Å². The van der Waals surface area contributed by atoms with Crippen molar-refractivity contribution < 1.29 is 21.6 Å². The highest BCUT2D eigenvalue weighted by Crippen LogP contribution is 2.28. The summed E-state index contributed by atoms with van der Waals surface area (Å²) < 4.78 is 64.3. The summed E-state index contributed by atoms with van der Waals surface area (Å²) in [5.74, 6) is 0. The first kappa shape index (κ1) is 18.9. The Labute approximate surface area is 141 Å². The van der Waals surface area contributed by atoms with Crippen molar-refractivity contribution in [1.29, 1.82) is 0 Å². The monoisotopic (exact) mass is 376 g/mol. The quantitative estimate of drug-likeness (QED) is 0.825. The summed E-state index contributed by atoms with van der Waals surface area (Å²) in [5, 5.41) is 1.93. The van der Waals surface area contributed by atoms with Gasteiger partial charge in [-0.15, -0.1) is 0 Å². The third-order valence-electron chi connectivity index (χ3n) is 3.33. The Bertz CT molecular complexity index is 955. The minimum Gasteiger partial charge on any atom is -0.291 e. The molecule has 136 valence electrons. The molecule has 7 nitrogen and oxygen atoms in total. The zero-order valence-corrected chi connectivity index (χ0v) is 14.3. The lowest BCUT2D eigenvalue weighted by atomic mass is 10.2. The Morgan fingerprint density at radius 1 is 1.20 bits per heavy atom. The standard InChI is InChI=1S/C14H15F3N4O3S/c1-20(2)25(23,24)10-6-4-9(5-7-10)18-8-11-12(14(15,16)17)19-21(3)13(11)22/h4-8,19H,1-3H3. The summed E-state index contributed by atoms with van der Waals surface area (Å²) in [7, 11) is 0.300. The van der Waals surface area contributed by atoms with Crippen molar-refractivity contribution in [1.82, 2.24) is 14.1 Å². The molecule has 1 aromatic carbocycles. The van der Waals surface area contributed by atoms with E-state index in [-0.39, 0.29) is 10.6 Å². The molecule has 0 amide bonds. The van der Waals surface area contributed by atoms with Crippen molar-refractivity contribution in [2.75, 3.05) is 14.1 Å². The van der Waals surface area contributed by atoms with Gasteiger partial charge in [0.1, 0.15) is 0 Å². The molecule has 2 aromatic rings. The zero-order chi connectivity index (χ0) is 19.0. The summed E-state index contributed by atoms with van der Waals surface area (Å²) in [6, 6.07) is 5.22. The van der Waals surface area contributed by atoms with Gasteiger partial charge in [0.25, 0.3) is 5.56 Å². The number of aromatic amines is 1. The van der Waals surface area contributed by atoms with Gasteiger partial charge >= 0.3 is 6.18 Å². The van der Waals surface area contributed by atoms with Crippen LogP contribution in [0.4, 0.5) is 18.9 Å². The van der Waals surface area contributed by atoms with Crippen molar-refractivity contribution in [2.45, 2.75) is 11.1 Å². The van der Waals surface area contributed by atoms with E-state index in [9.17, 15) is 26.4 Å². The molecule has 0 fully saturated rings. The minimum atomic E-state index is -4.73. The van der Waals surface area contributed by atoms with E-state index in [1.54, 1.807) is 0 Å². The van der Waals surface area contributed by atoms with Gasteiger partial charge in [-0.05, 0) is 24.3 Å². The molecule has 0 radical (unpaired) electrons. The molecule has 0 saturated carbocycles. The lowest BCUT2D eigenvalue weighted by Crippen LogP contribution is -2.21. The molecule has 25 heavy (non-hydrogen) atoms. The summed E-state index contributed by atoms with van der Waals surface area (Å²) in [5.41, 5.74) is -2.49. The number of rotatable bonds is 4. The van der Waals surface area contributed by atoms with Crippen molar-refractivity contribution in [3.8, 4) is 0 Å². The second-order valence-corrected chi connectivity index (χ2v) is 7.45. The fraction of sp³-hybridized carbons (Fsp3) is 0.286. The number of sulfonamides is 1. The molecule has 1 heterocycles. The molecule has 0 atom stereocenters. The van der Waals surface area contributed by atoms with E-state index in [4.69, 9.17) is 0 Å². The number of H-pyrrole nitrogens is 1.